The number of carbonyl (C=O) groups is 2. The highest BCUT2D eigenvalue weighted by Gasteiger charge is 2.54. The molecule has 0 amide bonds. The van der Waals surface area contributed by atoms with Gasteiger partial charge in [0.25, 0.3) is 0 Å². The van der Waals surface area contributed by atoms with Gasteiger partial charge in [0.2, 0.25) is 0 Å². The van der Waals surface area contributed by atoms with E-state index in [-0.39, 0.29) is 5.41 Å². The van der Waals surface area contributed by atoms with Crippen LogP contribution in [0.15, 0.2) is 22.8 Å². The zero-order valence-corrected chi connectivity index (χ0v) is 12.9. The molecule has 3 unspecified atom stereocenters. The number of rotatable bonds is 1. The van der Waals surface area contributed by atoms with Crippen LogP contribution in [-0.4, -0.2) is 11.6 Å². The maximum Gasteiger partial charge on any atom is 0.156 e. The maximum absolute atomic E-state index is 12.5. The average molecular weight is 284 g/mol. The lowest BCUT2D eigenvalue weighted by atomic mass is 9.56. The number of carbonyl (C=O) groups excluding carboxylic acids is 2. The van der Waals surface area contributed by atoms with Crippen LogP contribution < -0.4 is 0 Å². The summed E-state index contributed by atoms with van der Waals surface area (Å²) < 4.78 is 0. The standard InChI is InChI=1S/C19H24O2/c1-2-19-10-9-15-14-6-4-13(20)11-12(14)3-5-16(15)17(19)7-8-18(19)21/h11,16-17H,2-10H2,1H3. The molecule has 2 saturated carbocycles. The van der Waals surface area contributed by atoms with Crippen LogP contribution in [0.3, 0.4) is 0 Å². The molecule has 2 nitrogen and oxygen atoms in total. The highest BCUT2D eigenvalue weighted by Crippen LogP contribution is 2.59. The zero-order chi connectivity index (χ0) is 14.6. The Bertz CT molecular complexity index is 580. The van der Waals surface area contributed by atoms with Gasteiger partial charge in [-0.2, -0.15) is 0 Å². The summed E-state index contributed by atoms with van der Waals surface area (Å²) in [5, 5.41) is 0. The van der Waals surface area contributed by atoms with E-state index in [4.69, 9.17) is 0 Å². The van der Waals surface area contributed by atoms with E-state index in [1.165, 1.54) is 11.1 Å². The Labute approximate surface area is 126 Å². The van der Waals surface area contributed by atoms with E-state index in [1.54, 1.807) is 5.57 Å². The zero-order valence-electron chi connectivity index (χ0n) is 12.9. The Kier molecular flexibility index (Phi) is 2.99. The summed E-state index contributed by atoms with van der Waals surface area (Å²) in [7, 11) is 0. The Morgan fingerprint density at radius 1 is 1.10 bits per heavy atom. The Morgan fingerprint density at radius 3 is 2.76 bits per heavy atom. The van der Waals surface area contributed by atoms with Crippen LogP contribution >= 0.6 is 0 Å². The van der Waals surface area contributed by atoms with E-state index in [1.807, 2.05) is 6.08 Å². The fraction of sp³-hybridized carbons (Fsp3) is 0.684. The number of hydrogen-bond donors (Lipinski definition) is 0. The van der Waals surface area contributed by atoms with Crippen molar-refractivity contribution >= 4 is 11.6 Å². The fourth-order valence-electron chi connectivity index (χ4n) is 5.77. The van der Waals surface area contributed by atoms with Crippen LogP contribution in [0.5, 0.6) is 0 Å². The smallest absolute Gasteiger partial charge is 0.156 e. The van der Waals surface area contributed by atoms with Gasteiger partial charge in [-0.3, -0.25) is 9.59 Å². The average Bonchev–Trinajstić information content (AvgIpc) is 2.84. The van der Waals surface area contributed by atoms with Crippen molar-refractivity contribution in [1.29, 1.82) is 0 Å². The first-order valence-electron chi connectivity index (χ1n) is 8.64. The molecule has 0 aromatic rings. The molecular weight excluding hydrogens is 260 g/mol. The third kappa shape index (κ3) is 1.77. The summed E-state index contributed by atoms with van der Waals surface area (Å²) in [6.07, 6.45) is 10.9. The summed E-state index contributed by atoms with van der Waals surface area (Å²) in [6, 6.07) is 0. The van der Waals surface area contributed by atoms with Crippen molar-refractivity contribution in [2.24, 2.45) is 17.3 Å². The minimum atomic E-state index is 0.000427. The third-order valence-electron chi connectivity index (χ3n) is 6.81. The molecule has 0 aromatic carbocycles. The molecule has 4 rings (SSSR count). The molecule has 0 saturated heterocycles. The Balaban J connectivity index is 1.76. The largest absolute Gasteiger partial charge is 0.299 e. The summed E-state index contributed by atoms with van der Waals surface area (Å²) in [5.41, 5.74) is 4.46. The van der Waals surface area contributed by atoms with E-state index in [0.29, 0.717) is 29.8 Å². The van der Waals surface area contributed by atoms with Crippen molar-refractivity contribution in [3.05, 3.63) is 22.8 Å². The number of fused-ring (bicyclic) bond motifs is 4. The van der Waals surface area contributed by atoms with Gasteiger partial charge in [-0.05, 0) is 74.0 Å². The van der Waals surface area contributed by atoms with E-state index in [2.05, 4.69) is 6.92 Å². The molecule has 0 spiro atoms. The van der Waals surface area contributed by atoms with E-state index in [9.17, 15) is 9.59 Å². The predicted molar refractivity (Wildman–Crippen MR) is 81.8 cm³/mol. The van der Waals surface area contributed by atoms with Crippen LogP contribution in [-0.2, 0) is 9.59 Å². The molecule has 0 heterocycles. The van der Waals surface area contributed by atoms with Crippen LogP contribution in [0.25, 0.3) is 0 Å². The van der Waals surface area contributed by atoms with Crippen LogP contribution in [0.4, 0.5) is 0 Å². The topological polar surface area (TPSA) is 34.1 Å². The molecule has 0 N–H and O–H groups in total. The molecule has 0 aromatic heterocycles. The van der Waals surface area contributed by atoms with Gasteiger partial charge in [-0.1, -0.05) is 12.5 Å². The maximum atomic E-state index is 12.5. The van der Waals surface area contributed by atoms with E-state index < -0.39 is 0 Å². The first-order chi connectivity index (χ1) is 10.2. The Hall–Kier alpha value is -1.18. The highest BCUT2D eigenvalue weighted by atomic mass is 16.1. The second-order valence-electron chi connectivity index (χ2n) is 7.36. The van der Waals surface area contributed by atoms with Gasteiger partial charge in [0.1, 0.15) is 5.78 Å². The molecular formula is C19H24O2. The molecule has 2 fully saturated rings. The minimum Gasteiger partial charge on any atom is -0.299 e. The molecule has 0 bridgehead atoms. The molecule has 0 aliphatic heterocycles. The summed E-state index contributed by atoms with van der Waals surface area (Å²) in [5.74, 6) is 2.07. The summed E-state index contributed by atoms with van der Waals surface area (Å²) in [6.45, 7) is 2.21. The second kappa shape index (κ2) is 4.66. The molecule has 112 valence electrons. The van der Waals surface area contributed by atoms with E-state index >= 15 is 0 Å². The highest BCUT2D eigenvalue weighted by molar-refractivity contribution is 5.93. The van der Waals surface area contributed by atoms with Gasteiger partial charge in [0.15, 0.2) is 5.78 Å². The Morgan fingerprint density at radius 2 is 1.95 bits per heavy atom. The van der Waals surface area contributed by atoms with Crippen molar-refractivity contribution in [2.45, 2.75) is 64.7 Å². The molecule has 2 heteroatoms. The third-order valence-corrected chi connectivity index (χ3v) is 6.81. The van der Waals surface area contributed by atoms with Gasteiger partial charge < -0.3 is 0 Å². The van der Waals surface area contributed by atoms with Gasteiger partial charge in [-0.25, -0.2) is 0 Å². The molecule has 3 atom stereocenters. The van der Waals surface area contributed by atoms with Crippen LogP contribution in [0.2, 0.25) is 0 Å². The lowest BCUT2D eigenvalue weighted by Crippen LogP contribution is -2.42. The lowest BCUT2D eigenvalue weighted by Gasteiger charge is -2.47. The molecule has 21 heavy (non-hydrogen) atoms. The molecule has 4 aliphatic rings. The summed E-state index contributed by atoms with van der Waals surface area (Å²) >= 11 is 0. The summed E-state index contributed by atoms with van der Waals surface area (Å²) in [4.78, 5) is 24.1. The van der Waals surface area contributed by atoms with Crippen LogP contribution in [0, 0.1) is 17.3 Å². The minimum absolute atomic E-state index is 0.000427. The number of ketones is 2. The van der Waals surface area contributed by atoms with Gasteiger partial charge in [0, 0.05) is 18.3 Å². The van der Waals surface area contributed by atoms with Crippen molar-refractivity contribution in [2.75, 3.05) is 0 Å². The van der Waals surface area contributed by atoms with Crippen molar-refractivity contribution in [3.8, 4) is 0 Å². The normalized spacial score (nSPS) is 38.8. The van der Waals surface area contributed by atoms with Gasteiger partial charge in [-0.15, -0.1) is 0 Å². The SMILES string of the molecule is CCC12CCC3=C4CCC(=O)C=C4CCC3C1CCC2=O. The molecule has 4 aliphatic carbocycles. The van der Waals surface area contributed by atoms with Crippen LogP contribution in [0.1, 0.15) is 64.7 Å². The molecule has 0 radical (unpaired) electrons. The van der Waals surface area contributed by atoms with Gasteiger partial charge in [0.05, 0.1) is 0 Å². The quantitative estimate of drug-likeness (QED) is 0.725. The fourth-order valence-corrected chi connectivity index (χ4v) is 5.77. The predicted octanol–water partition coefficient (Wildman–Crippen LogP) is 4.15. The second-order valence-corrected chi connectivity index (χ2v) is 7.36. The van der Waals surface area contributed by atoms with Crippen molar-refractivity contribution in [3.63, 3.8) is 0 Å². The van der Waals surface area contributed by atoms with Gasteiger partial charge >= 0.3 is 0 Å². The first kappa shape index (κ1) is 13.5. The number of allylic oxidation sites excluding steroid dienone is 4. The van der Waals surface area contributed by atoms with Crippen molar-refractivity contribution < 1.29 is 9.59 Å². The monoisotopic (exact) mass is 284 g/mol. The lowest BCUT2D eigenvalue weighted by molar-refractivity contribution is -0.129. The van der Waals surface area contributed by atoms with E-state index in [0.717, 1.165) is 51.4 Å². The number of hydrogen-bond acceptors (Lipinski definition) is 2. The number of Topliss-reactive ketones (excluding diaryl/α,β-unsaturated/α-hetero) is 1. The van der Waals surface area contributed by atoms with Crippen molar-refractivity contribution in [1.82, 2.24) is 0 Å². The first-order valence-corrected chi connectivity index (χ1v) is 8.64.